The molecule has 5 heteroatoms. The predicted octanol–water partition coefficient (Wildman–Crippen LogP) is 6.69. The summed E-state index contributed by atoms with van der Waals surface area (Å²) in [5.74, 6) is 0. The maximum absolute atomic E-state index is 6.52. The van der Waals surface area contributed by atoms with E-state index in [1.54, 1.807) is 18.2 Å². The zero-order chi connectivity index (χ0) is 13.3. The van der Waals surface area contributed by atoms with Crippen molar-refractivity contribution in [1.29, 1.82) is 0 Å². The summed E-state index contributed by atoms with van der Waals surface area (Å²) in [4.78, 5) is 0. The Hall–Kier alpha value is 0.520. The van der Waals surface area contributed by atoms with Crippen LogP contribution in [0.3, 0.4) is 0 Å². The molecule has 2 aromatic carbocycles. The minimum Gasteiger partial charge on any atom is -0.112 e. The Bertz CT molecular complexity index is 535. The zero-order valence-electron chi connectivity index (χ0n) is 8.93. The molecule has 1 atom stereocenters. The molecule has 2 aromatic rings. The summed E-state index contributed by atoms with van der Waals surface area (Å²) in [7, 11) is 0. The number of benzene rings is 2. The van der Waals surface area contributed by atoms with E-state index in [-0.39, 0.29) is 5.38 Å². The van der Waals surface area contributed by atoms with E-state index in [4.69, 9.17) is 34.8 Å². The van der Waals surface area contributed by atoms with Gasteiger partial charge in [-0.2, -0.15) is 0 Å². The van der Waals surface area contributed by atoms with Crippen molar-refractivity contribution in [3.63, 3.8) is 0 Å². The van der Waals surface area contributed by atoms with E-state index >= 15 is 0 Å². The fourth-order valence-electron chi connectivity index (χ4n) is 1.59. The van der Waals surface area contributed by atoms with Crippen LogP contribution >= 0.6 is 73.3 Å². The molecule has 0 amide bonds. The van der Waals surface area contributed by atoms with Crippen molar-refractivity contribution in [3.8, 4) is 0 Å². The molecule has 2 rings (SSSR count). The molecule has 0 aliphatic heterocycles. The molecule has 0 saturated carbocycles. The third-order valence-corrected chi connectivity index (χ3v) is 4.99. The van der Waals surface area contributed by atoms with E-state index < -0.39 is 0 Å². The molecule has 0 radical (unpaired) electrons. The van der Waals surface area contributed by atoms with E-state index in [9.17, 15) is 0 Å². The van der Waals surface area contributed by atoms with Gasteiger partial charge in [0.2, 0.25) is 0 Å². The van der Waals surface area contributed by atoms with E-state index in [0.29, 0.717) is 10.0 Å². The summed E-state index contributed by atoms with van der Waals surface area (Å²) in [5.41, 5.74) is 1.83. The fourth-order valence-corrected chi connectivity index (χ4v) is 3.62. The molecule has 0 spiro atoms. The summed E-state index contributed by atoms with van der Waals surface area (Å²) in [6, 6.07) is 11.3. The van der Waals surface area contributed by atoms with E-state index in [0.717, 1.165) is 19.2 Å². The standard InChI is InChI=1S/C13H7BrCl3I/c14-7-1-4-12(18)10(5-7)13(17)9-6-8(15)2-3-11(9)16/h1-6,13H. The van der Waals surface area contributed by atoms with Crippen LogP contribution < -0.4 is 0 Å². The van der Waals surface area contributed by atoms with Gasteiger partial charge >= 0.3 is 0 Å². The molecule has 0 nitrogen and oxygen atoms in total. The van der Waals surface area contributed by atoms with Crippen molar-refractivity contribution in [2.24, 2.45) is 0 Å². The Morgan fingerprint density at radius 1 is 1.00 bits per heavy atom. The highest BCUT2D eigenvalue weighted by atomic mass is 127. The van der Waals surface area contributed by atoms with Gasteiger partial charge in [0, 0.05) is 18.1 Å². The van der Waals surface area contributed by atoms with Crippen LogP contribution in [0.2, 0.25) is 10.0 Å². The molecule has 1 unspecified atom stereocenters. The Labute approximate surface area is 143 Å². The van der Waals surface area contributed by atoms with Crippen LogP contribution in [0.1, 0.15) is 16.5 Å². The summed E-state index contributed by atoms with van der Waals surface area (Å²) in [5, 5.41) is 0.931. The second kappa shape index (κ2) is 6.31. The van der Waals surface area contributed by atoms with Crippen LogP contribution in [-0.2, 0) is 0 Å². The van der Waals surface area contributed by atoms with Gasteiger partial charge in [0.05, 0.1) is 5.38 Å². The molecule has 0 fully saturated rings. The van der Waals surface area contributed by atoms with Crippen LogP contribution in [0.15, 0.2) is 40.9 Å². The molecule has 18 heavy (non-hydrogen) atoms. The van der Waals surface area contributed by atoms with Gasteiger partial charge in [-0.25, -0.2) is 0 Å². The van der Waals surface area contributed by atoms with Crippen LogP contribution in [0, 0.1) is 3.57 Å². The monoisotopic (exact) mass is 474 g/mol. The van der Waals surface area contributed by atoms with Gasteiger partial charge in [-0.15, -0.1) is 11.6 Å². The molecule has 0 bridgehead atoms. The third kappa shape index (κ3) is 3.34. The molecule has 0 heterocycles. The van der Waals surface area contributed by atoms with Crippen LogP contribution in [0.25, 0.3) is 0 Å². The van der Waals surface area contributed by atoms with Gasteiger partial charge in [0.25, 0.3) is 0 Å². The highest BCUT2D eigenvalue weighted by molar-refractivity contribution is 14.1. The highest BCUT2D eigenvalue weighted by Gasteiger charge is 2.17. The maximum Gasteiger partial charge on any atom is 0.0860 e. The van der Waals surface area contributed by atoms with Crippen LogP contribution in [0.5, 0.6) is 0 Å². The Kier molecular flexibility index (Phi) is 5.23. The van der Waals surface area contributed by atoms with Crippen molar-refractivity contribution in [2.75, 3.05) is 0 Å². The number of rotatable bonds is 2. The Morgan fingerprint density at radius 2 is 1.72 bits per heavy atom. The first kappa shape index (κ1) is 14.9. The van der Waals surface area contributed by atoms with Gasteiger partial charge < -0.3 is 0 Å². The van der Waals surface area contributed by atoms with Crippen LogP contribution in [0.4, 0.5) is 0 Å². The van der Waals surface area contributed by atoms with Crippen molar-refractivity contribution < 1.29 is 0 Å². The largest absolute Gasteiger partial charge is 0.112 e. The number of hydrogen-bond acceptors (Lipinski definition) is 0. The van der Waals surface area contributed by atoms with Crippen molar-refractivity contribution >= 4 is 73.3 Å². The number of halogens is 5. The lowest BCUT2D eigenvalue weighted by Gasteiger charge is -2.14. The predicted molar refractivity (Wildman–Crippen MR) is 91.0 cm³/mol. The Balaban J connectivity index is 2.50. The molecule has 94 valence electrons. The highest BCUT2D eigenvalue weighted by Crippen LogP contribution is 2.38. The molecular weight excluding hydrogens is 469 g/mol. The topological polar surface area (TPSA) is 0 Å². The third-order valence-electron chi connectivity index (χ3n) is 2.46. The Morgan fingerprint density at radius 3 is 2.44 bits per heavy atom. The average Bonchev–Trinajstić information content (AvgIpc) is 2.34. The van der Waals surface area contributed by atoms with Crippen LogP contribution in [-0.4, -0.2) is 0 Å². The lowest BCUT2D eigenvalue weighted by molar-refractivity contribution is 1.12. The molecule has 0 N–H and O–H groups in total. The molecular formula is C13H7BrCl3I. The van der Waals surface area contributed by atoms with Gasteiger partial charge in [-0.1, -0.05) is 39.1 Å². The first-order chi connectivity index (χ1) is 8.49. The second-order valence-electron chi connectivity index (χ2n) is 3.69. The quantitative estimate of drug-likeness (QED) is 0.335. The van der Waals surface area contributed by atoms with E-state index in [1.807, 2.05) is 18.2 Å². The molecule has 0 aromatic heterocycles. The normalized spacial score (nSPS) is 12.5. The smallest absolute Gasteiger partial charge is 0.0860 e. The molecule has 0 saturated heterocycles. The SMILES string of the molecule is Clc1ccc(Cl)c(C(Cl)c2cc(Br)ccc2I)c1. The minimum atomic E-state index is -0.319. The maximum atomic E-state index is 6.52. The summed E-state index contributed by atoms with van der Waals surface area (Å²) >= 11 is 24.4. The summed E-state index contributed by atoms with van der Waals surface area (Å²) in [6.45, 7) is 0. The minimum absolute atomic E-state index is 0.319. The lowest BCUT2D eigenvalue weighted by Crippen LogP contribution is -1.97. The van der Waals surface area contributed by atoms with Gasteiger partial charge in [0.15, 0.2) is 0 Å². The lowest BCUT2D eigenvalue weighted by atomic mass is 10.0. The average molecular weight is 476 g/mol. The van der Waals surface area contributed by atoms with Crippen molar-refractivity contribution in [3.05, 3.63) is 65.6 Å². The van der Waals surface area contributed by atoms with Gasteiger partial charge in [-0.05, 0) is 70.1 Å². The second-order valence-corrected chi connectivity index (χ2v) is 7.05. The summed E-state index contributed by atoms with van der Waals surface area (Å²) < 4.78 is 2.08. The molecule has 0 aliphatic rings. The van der Waals surface area contributed by atoms with E-state index in [1.165, 1.54) is 0 Å². The van der Waals surface area contributed by atoms with E-state index in [2.05, 4.69) is 38.5 Å². The number of alkyl halides is 1. The van der Waals surface area contributed by atoms with Crippen molar-refractivity contribution in [2.45, 2.75) is 5.38 Å². The first-order valence-electron chi connectivity index (χ1n) is 5.03. The van der Waals surface area contributed by atoms with Crippen molar-refractivity contribution in [1.82, 2.24) is 0 Å². The fraction of sp³-hybridized carbons (Fsp3) is 0.0769. The number of hydrogen-bond donors (Lipinski definition) is 0. The summed E-state index contributed by atoms with van der Waals surface area (Å²) in [6.07, 6.45) is 0. The zero-order valence-corrected chi connectivity index (χ0v) is 14.9. The molecule has 0 aliphatic carbocycles. The van der Waals surface area contributed by atoms with Gasteiger partial charge in [-0.3, -0.25) is 0 Å². The van der Waals surface area contributed by atoms with Gasteiger partial charge in [0.1, 0.15) is 0 Å². The first-order valence-corrected chi connectivity index (χ1v) is 8.09.